The topological polar surface area (TPSA) is 46.3 Å². The van der Waals surface area contributed by atoms with E-state index in [0.29, 0.717) is 6.42 Å². The number of fused-ring (bicyclic) bond motifs is 1. The highest BCUT2D eigenvalue weighted by atomic mass is 16.5. The second-order valence-electron chi connectivity index (χ2n) is 5.43. The number of anilines is 1. The number of carbonyl (C=O) groups excluding carboxylic acids is 1. The van der Waals surface area contributed by atoms with E-state index in [1.54, 1.807) is 0 Å². The maximum atomic E-state index is 12.6. The van der Waals surface area contributed by atoms with Crippen LogP contribution < -0.4 is 4.90 Å². The lowest BCUT2D eigenvalue weighted by molar-refractivity contribution is -0.118. The highest BCUT2D eigenvalue weighted by Gasteiger charge is 2.31. The molecule has 4 heteroatoms. The van der Waals surface area contributed by atoms with Crippen molar-refractivity contribution in [3.63, 3.8) is 0 Å². The first-order chi connectivity index (χ1) is 9.58. The fourth-order valence-corrected chi connectivity index (χ4v) is 2.94. The summed E-state index contributed by atoms with van der Waals surface area (Å²) in [6.07, 6.45) is 1.27. The van der Waals surface area contributed by atoms with Crippen LogP contribution in [0.5, 0.6) is 0 Å². The van der Waals surface area contributed by atoms with E-state index in [4.69, 9.17) is 4.52 Å². The summed E-state index contributed by atoms with van der Waals surface area (Å²) in [5.74, 6) is 0.841. The van der Waals surface area contributed by atoms with Crippen molar-refractivity contribution in [1.82, 2.24) is 5.16 Å². The summed E-state index contributed by atoms with van der Waals surface area (Å²) in [5.41, 5.74) is 3.99. The zero-order valence-electron chi connectivity index (χ0n) is 12.0. The molecule has 2 aromatic rings. The van der Waals surface area contributed by atoms with Gasteiger partial charge in [-0.2, -0.15) is 0 Å². The lowest BCUT2D eigenvalue weighted by Crippen LogP contribution is -2.37. The van der Waals surface area contributed by atoms with Crippen LogP contribution >= 0.6 is 0 Å². The SMILES string of the molecule is Cc1noc(C)c1CC(=O)N1c2ccccc2CC1C. The predicted molar refractivity (Wildman–Crippen MR) is 76.8 cm³/mol. The number of hydrogen-bond acceptors (Lipinski definition) is 3. The molecule has 1 atom stereocenters. The largest absolute Gasteiger partial charge is 0.361 e. The molecule has 1 aliphatic rings. The van der Waals surface area contributed by atoms with Crippen molar-refractivity contribution in [2.45, 2.75) is 39.7 Å². The molecule has 1 unspecified atom stereocenters. The zero-order chi connectivity index (χ0) is 14.3. The average Bonchev–Trinajstić information content (AvgIpc) is 2.91. The smallest absolute Gasteiger partial charge is 0.231 e. The Morgan fingerprint density at radius 2 is 2.15 bits per heavy atom. The molecule has 0 spiro atoms. The number of nitrogens with zero attached hydrogens (tertiary/aromatic N) is 2. The molecule has 0 saturated carbocycles. The molecule has 4 nitrogen and oxygen atoms in total. The maximum absolute atomic E-state index is 12.6. The third-order valence-corrected chi connectivity index (χ3v) is 3.99. The van der Waals surface area contributed by atoms with Gasteiger partial charge in [-0.15, -0.1) is 0 Å². The Hall–Kier alpha value is -2.10. The maximum Gasteiger partial charge on any atom is 0.231 e. The van der Waals surface area contributed by atoms with Gasteiger partial charge in [0.15, 0.2) is 0 Å². The van der Waals surface area contributed by atoms with Crippen molar-refractivity contribution in [3.05, 3.63) is 46.8 Å². The van der Waals surface area contributed by atoms with Crippen LogP contribution in [0.25, 0.3) is 0 Å². The molecule has 20 heavy (non-hydrogen) atoms. The van der Waals surface area contributed by atoms with Gasteiger partial charge in [0.2, 0.25) is 5.91 Å². The van der Waals surface area contributed by atoms with Gasteiger partial charge >= 0.3 is 0 Å². The van der Waals surface area contributed by atoms with E-state index in [0.717, 1.165) is 29.1 Å². The normalized spacial score (nSPS) is 17.4. The summed E-state index contributed by atoms with van der Waals surface area (Å²) in [5, 5.41) is 3.91. The van der Waals surface area contributed by atoms with Crippen molar-refractivity contribution < 1.29 is 9.32 Å². The van der Waals surface area contributed by atoms with Gasteiger partial charge in [-0.05, 0) is 38.8 Å². The lowest BCUT2D eigenvalue weighted by atomic mass is 10.1. The summed E-state index contributed by atoms with van der Waals surface area (Å²) in [4.78, 5) is 14.6. The van der Waals surface area contributed by atoms with Gasteiger partial charge in [0.05, 0.1) is 12.1 Å². The fourth-order valence-electron chi connectivity index (χ4n) is 2.94. The van der Waals surface area contributed by atoms with Crippen LogP contribution in [0.15, 0.2) is 28.8 Å². The summed E-state index contributed by atoms with van der Waals surface area (Å²) < 4.78 is 5.13. The molecule has 0 aliphatic carbocycles. The van der Waals surface area contributed by atoms with Crippen molar-refractivity contribution in [2.24, 2.45) is 0 Å². The van der Waals surface area contributed by atoms with Crippen molar-refractivity contribution in [3.8, 4) is 0 Å². The van der Waals surface area contributed by atoms with Crippen LogP contribution in [-0.4, -0.2) is 17.1 Å². The molecule has 0 bridgehead atoms. The van der Waals surface area contributed by atoms with Crippen molar-refractivity contribution in [1.29, 1.82) is 0 Å². The highest BCUT2D eigenvalue weighted by Crippen LogP contribution is 2.32. The van der Waals surface area contributed by atoms with Crippen LogP contribution in [0.4, 0.5) is 5.69 Å². The molecule has 0 N–H and O–H groups in total. The monoisotopic (exact) mass is 270 g/mol. The number of benzene rings is 1. The minimum Gasteiger partial charge on any atom is -0.361 e. The Morgan fingerprint density at radius 3 is 2.85 bits per heavy atom. The molecule has 0 radical (unpaired) electrons. The number of para-hydroxylation sites is 1. The minimum absolute atomic E-state index is 0.108. The summed E-state index contributed by atoms with van der Waals surface area (Å²) in [7, 11) is 0. The van der Waals surface area contributed by atoms with Gasteiger partial charge in [0.25, 0.3) is 0 Å². The zero-order valence-corrected chi connectivity index (χ0v) is 12.0. The van der Waals surface area contributed by atoms with Crippen molar-refractivity contribution >= 4 is 11.6 Å². The van der Waals surface area contributed by atoms with Gasteiger partial charge in [-0.1, -0.05) is 23.4 Å². The second-order valence-corrected chi connectivity index (χ2v) is 5.43. The number of amides is 1. The molecule has 1 amide bonds. The van der Waals surface area contributed by atoms with Crippen LogP contribution in [0.3, 0.4) is 0 Å². The molecule has 3 rings (SSSR count). The lowest BCUT2D eigenvalue weighted by Gasteiger charge is -2.22. The van der Waals surface area contributed by atoms with E-state index >= 15 is 0 Å². The van der Waals surface area contributed by atoms with Crippen LogP contribution in [0.1, 0.15) is 29.5 Å². The van der Waals surface area contributed by atoms with Crippen LogP contribution in [0, 0.1) is 13.8 Å². The molecule has 0 fully saturated rings. The Morgan fingerprint density at radius 1 is 1.40 bits per heavy atom. The first-order valence-corrected chi connectivity index (χ1v) is 6.89. The van der Waals surface area contributed by atoms with E-state index in [2.05, 4.69) is 18.1 Å². The summed E-state index contributed by atoms with van der Waals surface area (Å²) in [6, 6.07) is 8.32. The fraction of sp³-hybridized carbons (Fsp3) is 0.375. The van der Waals surface area contributed by atoms with E-state index in [1.807, 2.05) is 36.9 Å². The molecular formula is C16H18N2O2. The summed E-state index contributed by atoms with van der Waals surface area (Å²) in [6.45, 7) is 5.82. The Labute approximate surface area is 118 Å². The molecule has 1 aliphatic heterocycles. The molecule has 1 aromatic carbocycles. The number of rotatable bonds is 2. The average molecular weight is 270 g/mol. The van der Waals surface area contributed by atoms with Gasteiger partial charge in [-0.25, -0.2) is 0 Å². The number of carbonyl (C=O) groups is 1. The van der Waals surface area contributed by atoms with E-state index in [1.165, 1.54) is 5.56 Å². The third-order valence-electron chi connectivity index (χ3n) is 3.99. The standard InChI is InChI=1S/C16H18N2O2/c1-10-8-13-6-4-5-7-15(13)18(10)16(19)9-14-11(2)17-20-12(14)3/h4-7,10H,8-9H2,1-3H3. The Balaban J connectivity index is 1.88. The van der Waals surface area contributed by atoms with E-state index in [9.17, 15) is 4.79 Å². The Kier molecular flexibility index (Phi) is 3.08. The summed E-state index contributed by atoms with van der Waals surface area (Å²) >= 11 is 0. The minimum atomic E-state index is 0.108. The first-order valence-electron chi connectivity index (χ1n) is 6.89. The second kappa shape index (κ2) is 4.78. The van der Waals surface area contributed by atoms with Gasteiger partial charge in [0, 0.05) is 17.3 Å². The number of hydrogen-bond donors (Lipinski definition) is 0. The quantitative estimate of drug-likeness (QED) is 0.843. The van der Waals surface area contributed by atoms with Crippen molar-refractivity contribution in [2.75, 3.05) is 4.90 Å². The molecule has 104 valence electrons. The molecular weight excluding hydrogens is 252 g/mol. The molecule has 0 saturated heterocycles. The highest BCUT2D eigenvalue weighted by molar-refractivity contribution is 5.97. The first kappa shape index (κ1) is 12.9. The van der Waals surface area contributed by atoms with E-state index < -0.39 is 0 Å². The van der Waals surface area contributed by atoms with Crippen LogP contribution in [-0.2, 0) is 17.6 Å². The van der Waals surface area contributed by atoms with Gasteiger partial charge < -0.3 is 9.42 Å². The predicted octanol–water partition coefficient (Wildman–Crippen LogP) is 2.81. The number of aryl methyl sites for hydroxylation is 2. The van der Waals surface area contributed by atoms with E-state index in [-0.39, 0.29) is 11.9 Å². The van der Waals surface area contributed by atoms with Crippen LogP contribution in [0.2, 0.25) is 0 Å². The number of aromatic nitrogens is 1. The molecule has 1 aromatic heterocycles. The van der Waals surface area contributed by atoms with Gasteiger partial charge in [-0.3, -0.25) is 4.79 Å². The third kappa shape index (κ3) is 2.01. The Bertz CT molecular complexity index is 641. The van der Waals surface area contributed by atoms with Gasteiger partial charge in [0.1, 0.15) is 5.76 Å². The molecule has 2 heterocycles.